The van der Waals surface area contributed by atoms with Crippen molar-refractivity contribution in [3.63, 3.8) is 0 Å². The zero-order valence-electron chi connectivity index (χ0n) is 27.4. The van der Waals surface area contributed by atoms with E-state index in [2.05, 4.69) is 32.2 Å². The highest BCUT2D eigenvalue weighted by molar-refractivity contribution is 6.03. The van der Waals surface area contributed by atoms with Crippen LogP contribution >= 0.6 is 0 Å². The van der Waals surface area contributed by atoms with Crippen molar-refractivity contribution in [3.8, 4) is 28.7 Å². The van der Waals surface area contributed by atoms with Crippen LogP contribution in [0.25, 0.3) is 16.6 Å². The second kappa shape index (κ2) is 14.8. The van der Waals surface area contributed by atoms with Crippen LogP contribution in [0.3, 0.4) is 0 Å². The van der Waals surface area contributed by atoms with Crippen LogP contribution in [0.2, 0.25) is 0 Å². The summed E-state index contributed by atoms with van der Waals surface area (Å²) >= 11 is 0. The monoisotopic (exact) mass is 670 g/mol. The summed E-state index contributed by atoms with van der Waals surface area (Å²) in [6, 6.07) is 15.6. The van der Waals surface area contributed by atoms with E-state index in [-0.39, 0.29) is 22.8 Å². The molecule has 49 heavy (non-hydrogen) atoms. The fourth-order valence-electron chi connectivity index (χ4n) is 5.56. The predicted octanol–water partition coefficient (Wildman–Crippen LogP) is 5.44. The van der Waals surface area contributed by atoms with Crippen molar-refractivity contribution in [3.05, 3.63) is 106 Å². The molecule has 1 aliphatic rings. The number of likely N-dealkylation sites (N-methyl/N-ethyl adjacent to an activating group) is 1. The summed E-state index contributed by atoms with van der Waals surface area (Å²) in [5.41, 5.74) is 0.562. The smallest absolute Gasteiger partial charge is 0.276 e. The van der Waals surface area contributed by atoms with Gasteiger partial charge in [-0.1, -0.05) is 6.07 Å². The first-order valence-electron chi connectivity index (χ1n) is 15.8. The second-order valence-corrected chi connectivity index (χ2v) is 11.8. The third-order valence-corrected chi connectivity index (χ3v) is 8.26. The van der Waals surface area contributed by atoms with E-state index in [0.29, 0.717) is 40.3 Å². The normalized spacial score (nSPS) is 13.7. The number of hydrogen-bond donors (Lipinski definition) is 1. The number of ether oxygens (including phenoxy) is 3. The molecule has 1 saturated heterocycles. The number of carbonyl (C=O) groups is 1. The van der Waals surface area contributed by atoms with Crippen LogP contribution in [0, 0.1) is 18.6 Å². The Kier molecular flexibility index (Phi) is 10.1. The number of methoxy groups -OCH3 is 1. The number of fused-ring (bicyclic) bond motifs is 1. The summed E-state index contributed by atoms with van der Waals surface area (Å²) in [5.74, 6) is -0.653. The van der Waals surface area contributed by atoms with Crippen LogP contribution in [0.15, 0.2) is 77.7 Å². The van der Waals surface area contributed by atoms with E-state index in [0.717, 1.165) is 56.0 Å². The first kappa shape index (κ1) is 33.5. The third kappa shape index (κ3) is 7.85. The number of nitrogens with one attached hydrogen (secondary N) is 1. The summed E-state index contributed by atoms with van der Waals surface area (Å²) in [5, 5.41) is 7.34. The van der Waals surface area contributed by atoms with E-state index in [1.165, 1.54) is 36.4 Å². The number of piperazine rings is 1. The number of aryl methyl sites for hydroxylation is 1. The maximum absolute atomic E-state index is 15.3. The van der Waals surface area contributed by atoms with Crippen LogP contribution in [0.4, 0.5) is 14.5 Å². The molecule has 1 aliphatic heterocycles. The van der Waals surface area contributed by atoms with E-state index in [1.54, 1.807) is 38.4 Å². The van der Waals surface area contributed by atoms with Crippen molar-refractivity contribution in [1.29, 1.82) is 0 Å². The lowest BCUT2D eigenvalue weighted by atomic mass is 10.1. The van der Waals surface area contributed by atoms with Crippen LogP contribution in [0.1, 0.15) is 22.5 Å². The molecule has 11 nitrogen and oxygen atoms in total. The topological polar surface area (TPSA) is 111 Å². The number of carbonyl (C=O) groups excluding carboxylic acids is 1. The Bertz CT molecular complexity index is 2050. The fourth-order valence-corrected chi connectivity index (χ4v) is 5.56. The number of rotatable bonds is 11. The number of benzene rings is 3. The molecule has 5 aromatic rings. The van der Waals surface area contributed by atoms with Crippen molar-refractivity contribution in [2.45, 2.75) is 13.3 Å². The van der Waals surface area contributed by atoms with Gasteiger partial charge in [0.15, 0.2) is 28.8 Å². The standard InChI is InChI=1S/C36H36F2N6O5/c1-23-18-34(45)44(26-7-4-6-24(37)19-26)41-35(23)36(46)40-25-8-9-31(28(38)20-25)49-30-10-11-39-29-22-33(32(47-3)21-27(29)30)48-17-5-12-43-15-13-42(2)14-16-43/h4,6-11,18-22H,5,12-17H2,1-3H3,(H,40,46). The Labute approximate surface area is 281 Å². The molecule has 1 N–H and O–H groups in total. The number of anilines is 1. The lowest BCUT2D eigenvalue weighted by Gasteiger charge is -2.32. The third-order valence-electron chi connectivity index (χ3n) is 8.26. The number of amides is 1. The zero-order valence-corrected chi connectivity index (χ0v) is 27.4. The molecule has 13 heteroatoms. The predicted molar refractivity (Wildman–Crippen MR) is 181 cm³/mol. The van der Waals surface area contributed by atoms with Gasteiger partial charge in [-0.2, -0.15) is 9.78 Å². The Morgan fingerprint density at radius 3 is 2.51 bits per heavy atom. The maximum Gasteiger partial charge on any atom is 0.276 e. The van der Waals surface area contributed by atoms with Gasteiger partial charge in [-0.3, -0.25) is 14.6 Å². The molecule has 0 unspecified atom stereocenters. The van der Waals surface area contributed by atoms with Gasteiger partial charge in [0, 0.05) is 68.2 Å². The molecular weight excluding hydrogens is 634 g/mol. The Morgan fingerprint density at radius 1 is 0.939 bits per heavy atom. The van der Waals surface area contributed by atoms with Crippen molar-refractivity contribution >= 4 is 22.5 Å². The Hall–Kier alpha value is -5.40. The number of nitrogens with zero attached hydrogens (tertiary/aromatic N) is 5. The molecule has 0 radical (unpaired) electrons. The first-order valence-corrected chi connectivity index (χ1v) is 15.8. The highest BCUT2D eigenvalue weighted by atomic mass is 19.1. The largest absolute Gasteiger partial charge is 0.493 e. The number of aromatic nitrogens is 3. The van der Waals surface area contributed by atoms with E-state index in [9.17, 15) is 14.0 Å². The van der Waals surface area contributed by atoms with Crippen molar-refractivity contribution < 1.29 is 27.8 Å². The van der Waals surface area contributed by atoms with Gasteiger partial charge in [0.2, 0.25) is 0 Å². The Morgan fingerprint density at radius 2 is 1.76 bits per heavy atom. The molecule has 0 saturated carbocycles. The van der Waals surface area contributed by atoms with Gasteiger partial charge in [0.05, 0.1) is 24.9 Å². The number of halogens is 2. The number of pyridine rings is 1. The van der Waals surface area contributed by atoms with Gasteiger partial charge in [0.1, 0.15) is 11.6 Å². The molecule has 0 aliphatic carbocycles. The SMILES string of the molecule is COc1cc2c(Oc3ccc(NC(=O)c4nn(-c5cccc(F)c5)c(=O)cc4C)cc3F)ccnc2cc1OCCCN1CCN(C)CC1. The average molecular weight is 671 g/mol. The molecule has 3 heterocycles. The minimum Gasteiger partial charge on any atom is -0.493 e. The quantitative estimate of drug-likeness (QED) is 0.184. The zero-order chi connectivity index (χ0) is 34.5. The van der Waals surface area contributed by atoms with Gasteiger partial charge in [-0.25, -0.2) is 8.78 Å². The molecule has 254 valence electrons. The maximum atomic E-state index is 15.3. The van der Waals surface area contributed by atoms with E-state index in [1.807, 2.05) is 0 Å². The first-order chi connectivity index (χ1) is 23.7. The lowest BCUT2D eigenvalue weighted by molar-refractivity contribution is 0.102. The molecular formula is C36H36F2N6O5. The van der Waals surface area contributed by atoms with Gasteiger partial charge in [-0.05, 0) is 68.4 Å². The molecule has 6 rings (SSSR count). The highest BCUT2D eigenvalue weighted by Crippen LogP contribution is 2.38. The fraction of sp³-hybridized carbons (Fsp3) is 0.278. The highest BCUT2D eigenvalue weighted by Gasteiger charge is 2.18. The summed E-state index contributed by atoms with van der Waals surface area (Å²) in [6.45, 7) is 7.26. The van der Waals surface area contributed by atoms with Gasteiger partial charge < -0.3 is 29.3 Å². The summed E-state index contributed by atoms with van der Waals surface area (Å²) < 4.78 is 47.7. The van der Waals surface area contributed by atoms with Crippen LogP contribution < -0.4 is 25.1 Å². The van der Waals surface area contributed by atoms with Gasteiger partial charge in [-0.15, -0.1) is 0 Å². The van der Waals surface area contributed by atoms with Gasteiger partial charge >= 0.3 is 0 Å². The van der Waals surface area contributed by atoms with E-state index < -0.39 is 23.1 Å². The molecule has 0 spiro atoms. The summed E-state index contributed by atoms with van der Waals surface area (Å²) in [4.78, 5) is 34.9. The molecule has 0 atom stereocenters. The molecule has 1 fully saturated rings. The molecule has 0 bridgehead atoms. The van der Waals surface area contributed by atoms with Crippen LogP contribution in [0.5, 0.6) is 23.0 Å². The molecule has 2 aromatic heterocycles. The van der Waals surface area contributed by atoms with Crippen molar-refractivity contribution in [2.75, 3.05) is 58.8 Å². The lowest BCUT2D eigenvalue weighted by Crippen LogP contribution is -2.44. The van der Waals surface area contributed by atoms with Crippen molar-refractivity contribution in [2.24, 2.45) is 0 Å². The second-order valence-electron chi connectivity index (χ2n) is 11.8. The van der Waals surface area contributed by atoms with Crippen LogP contribution in [-0.4, -0.2) is 84.0 Å². The molecule has 3 aromatic carbocycles. The minimum absolute atomic E-state index is 0.0809. The van der Waals surface area contributed by atoms with E-state index >= 15 is 4.39 Å². The average Bonchev–Trinajstić information content (AvgIpc) is 3.08. The van der Waals surface area contributed by atoms with Crippen molar-refractivity contribution in [1.82, 2.24) is 24.6 Å². The minimum atomic E-state index is -0.732. The van der Waals surface area contributed by atoms with E-state index in [4.69, 9.17) is 14.2 Å². The summed E-state index contributed by atoms with van der Waals surface area (Å²) in [6.07, 6.45) is 2.43. The van der Waals surface area contributed by atoms with Gasteiger partial charge in [0.25, 0.3) is 11.5 Å². The Balaban J connectivity index is 1.14. The summed E-state index contributed by atoms with van der Waals surface area (Å²) in [7, 11) is 3.69. The molecule has 1 amide bonds. The van der Waals surface area contributed by atoms with Crippen LogP contribution in [-0.2, 0) is 0 Å². The number of hydrogen-bond acceptors (Lipinski definition) is 9.